The van der Waals surface area contributed by atoms with Gasteiger partial charge in [-0.15, -0.1) is 0 Å². The van der Waals surface area contributed by atoms with Gasteiger partial charge in [0.2, 0.25) is 0 Å². The minimum atomic E-state index is -0.141. The normalized spacial score (nSPS) is 14.7. The largest absolute Gasteiger partial charge is 0.469 e. The van der Waals surface area contributed by atoms with Crippen molar-refractivity contribution in [2.75, 3.05) is 25.2 Å². The van der Waals surface area contributed by atoms with Crippen LogP contribution < -0.4 is 5.32 Å². The van der Waals surface area contributed by atoms with E-state index in [4.69, 9.17) is 0 Å². The second-order valence-electron chi connectivity index (χ2n) is 3.72. The Balaban J connectivity index is 3.52. The Morgan fingerprint density at radius 3 is 2.67 bits per heavy atom. The van der Waals surface area contributed by atoms with Crippen molar-refractivity contribution in [2.24, 2.45) is 5.92 Å². The first kappa shape index (κ1) is 14.8. The molecule has 0 radical (unpaired) electrons. The quantitative estimate of drug-likeness (QED) is 0.513. The van der Waals surface area contributed by atoms with E-state index in [1.54, 1.807) is 0 Å². The Morgan fingerprint density at radius 2 is 2.13 bits per heavy atom. The van der Waals surface area contributed by atoms with Crippen LogP contribution in [0.25, 0.3) is 0 Å². The number of hydrogen-bond acceptors (Lipinski definition) is 4. The van der Waals surface area contributed by atoms with Crippen molar-refractivity contribution in [3.05, 3.63) is 0 Å². The fourth-order valence-electron chi connectivity index (χ4n) is 1.17. The van der Waals surface area contributed by atoms with E-state index in [2.05, 4.69) is 23.9 Å². The lowest BCUT2D eigenvalue weighted by atomic mass is 10.1. The van der Waals surface area contributed by atoms with E-state index in [1.165, 1.54) is 18.6 Å². The van der Waals surface area contributed by atoms with Crippen LogP contribution in [0.4, 0.5) is 0 Å². The van der Waals surface area contributed by atoms with Gasteiger partial charge in [0.1, 0.15) is 0 Å². The highest BCUT2D eigenvalue weighted by atomic mass is 32.2. The van der Waals surface area contributed by atoms with Crippen LogP contribution in [0, 0.1) is 5.92 Å². The summed E-state index contributed by atoms with van der Waals surface area (Å²) in [6.45, 7) is 6.90. The van der Waals surface area contributed by atoms with Crippen LogP contribution in [0.3, 0.4) is 0 Å². The van der Waals surface area contributed by atoms with Gasteiger partial charge in [-0.3, -0.25) is 4.79 Å². The topological polar surface area (TPSA) is 38.3 Å². The summed E-state index contributed by atoms with van der Waals surface area (Å²) in [5, 5.41) is 3.34. The fourth-order valence-corrected chi connectivity index (χ4v) is 1.98. The first-order valence-corrected chi connectivity index (χ1v) is 6.66. The summed E-state index contributed by atoms with van der Waals surface area (Å²) in [4.78, 5) is 11.1. The van der Waals surface area contributed by atoms with Crippen molar-refractivity contribution in [1.29, 1.82) is 0 Å². The van der Waals surface area contributed by atoms with Crippen LogP contribution in [0.1, 0.15) is 27.2 Å². The van der Waals surface area contributed by atoms with Gasteiger partial charge >= 0.3 is 5.97 Å². The predicted octanol–water partition coefficient (Wildman–Crippen LogP) is 1.92. The van der Waals surface area contributed by atoms with Gasteiger partial charge in [0.05, 0.1) is 13.0 Å². The molecule has 0 aromatic carbocycles. The average Bonchev–Trinajstić information content (AvgIpc) is 2.25. The van der Waals surface area contributed by atoms with Crippen molar-refractivity contribution < 1.29 is 9.53 Å². The van der Waals surface area contributed by atoms with Gasteiger partial charge in [-0.2, -0.15) is 11.8 Å². The van der Waals surface area contributed by atoms with Crippen molar-refractivity contribution in [1.82, 2.24) is 5.32 Å². The summed E-state index contributed by atoms with van der Waals surface area (Å²) in [6, 6.07) is 0.469. The summed E-state index contributed by atoms with van der Waals surface area (Å²) in [5.74, 6) is 2.15. The number of methoxy groups -OCH3 is 1. The van der Waals surface area contributed by atoms with Gasteiger partial charge in [-0.25, -0.2) is 0 Å². The van der Waals surface area contributed by atoms with Crippen molar-refractivity contribution in [2.45, 2.75) is 33.2 Å². The van der Waals surface area contributed by atoms with E-state index in [1.807, 2.05) is 18.7 Å². The molecule has 0 spiro atoms. The number of thioether (sulfide) groups is 1. The lowest BCUT2D eigenvalue weighted by molar-refractivity contribution is -0.144. The third-order valence-corrected chi connectivity index (χ3v) is 3.21. The first-order chi connectivity index (χ1) is 7.11. The lowest BCUT2D eigenvalue weighted by Crippen LogP contribution is -2.33. The van der Waals surface area contributed by atoms with Crippen molar-refractivity contribution >= 4 is 17.7 Å². The van der Waals surface area contributed by atoms with E-state index in [9.17, 15) is 4.79 Å². The summed E-state index contributed by atoms with van der Waals surface area (Å²) in [5.41, 5.74) is 0. The highest BCUT2D eigenvalue weighted by Gasteiger charge is 2.13. The maximum absolute atomic E-state index is 11.1. The van der Waals surface area contributed by atoms with E-state index < -0.39 is 0 Å². The number of hydrogen-bond donors (Lipinski definition) is 1. The van der Waals surface area contributed by atoms with Crippen LogP contribution in [-0.4, -0.2) is 37.2 Å². The third kappa shape index (κ3) is 7.68. The van der Waals surface area contributed by atoms with Gasteiger partial charge in [0.15, 0.2) is 0 Å². The van der Waals surface area contributed by atoms with Crippen LogP contribution in [0.15, 0.2) is 0 Å². The standard InChI is InChI=1S/C11H23NO2S/c1-5-15-7-6-10(3)12-8-9(2)11(13)14-4/h9-10,12H,5-8H2,1-4H3. The molecule has 0 bridgehead atoms. The molecule has 0 saturated carbocycles. The molecular formula is C11H23NO2S. The molecule has 0 aliphatic heterocycles. The Bertz CT molecular complexity index is 176. The minimum Gasteiger partial charge on any atom is -0.469 e. The van der Waals surface area contributed by atoms with Crippen LogP contribution in [-0.2, 0) is 9.53 Å². The molecule has 4 heteroatoms. The molecule has 0 fully saturated rings. The molecule has 2 unspecified atom stereocenters. The molecule has 0 rings (SSSR count). The molecule has 0 saturated heterocycles. The van der Waals surface area contributed by atoms with Gasteiger partial charge in [-0.1, -0.05) is 13.8 Å². The lowest BCUT2D eigenvalue weighted by Gasteiger charge is -2.16. The van der Waals surface area contributed by atoms with Gasteiger partial charge in [0.25, 0.3) is 0 Å². The molecular weight excluding hydrogens is 210 g/mol. The van der Waals surface area contributed by atoms with Gasteiger partial charge in [0, 0.05) is 12.6 Å². The maximum Gasteiger partial charge on any atom is 0.309 e. The molecule has 0 aliphatic carbocycles. The zero-order chi connectivity index (χ0) is 11.7. The van der Waals surface area contributed by atoms with Crippen LogP contribution >= 0.6 is 11.8 Å². The van der Waals surface area contributed by atoms with Crippen LogP contribution in [0.5, 0.6) is 0 Å². The molecule has 1 N–H and O–H groups in total. The molecule has 0 aromatic rings. The van der Waals surface area contributed by atoms with Crippen molar-refractivity contribution in [3.8, 4) is 0 Å². The number of ether oxygens (including phenoxy) is 1. The SMILES string of the molecule is CCSCCC(C)NCC(C)C(=O)OC. The molecule has 0 amide bonds. The molecule has 3 nitrogen and oxygen atoms in total. The van der Waals surface area contributed by atoms with Crippen LogP contribution in [0.2, 0.25) is 0 Å². The highest BCUT2D eigenvalue weighted by molar-refractivity contribution is 7.99. The van der Waals surface area contributed by atoms with E-state index in [0.29, 0.717) is 12.6 Å². The van der Waals surface area contributed by atoms with Gasteiger partial charge in [-0.05, 0) is 24.9 Å². The molecule has 0 aromatic heterocycles. The molecule has 2 atom stereocenters. The predicted molar refractivity (Wildman–Crippen MR) is 66.3 cm³/mol. The fraction of sp³-hybridized carbons (Fsp3) is 0.909. The Hall–Kier alpha value is -0.220. The monoisotopic (exact) mass is 233 g/mol. The summed E-state index contributed by atoms with van der Waals surface area (Å²) >= 11 is 1.95. The Labute approximate surface area is 97.3 Å². The summed E-state index contributed by atoms with van der Waals surface area (Å²) in [6.07, 6.45) is 1.15. The minimum absolute atomic E-state index is 0.0590. The molecule has 0 heterocycles. The van der Waals surface area contributed by atoms with E-state index in [0.717, 1.165) is 6.42 Å². The van der Waals surface area contributed by atoms with E-state index in [-0.39, 0.29) is 11.9 Å². The highest BCUT2D eigenvalue weighted by Crippen LogP contribution is 2.04. The summed E-state index contributed by atoms with van der Waals surface area (Å²) in [7, 11) is 1.43. The van der Waals surface area contributed by atoms with E-state index >= 15 is 0 Å². The number of nitrogens with one attached hydrogen (secondary N) is 1. The number of carbonyl (C=O) groups excluding carboxylic acids is 1. The first-order valence-electron chi connectivity index (χ1n) is 5.50. The van der Waals surface area contributed by atoms with Gasteiger partial charge < -0.3 is 10.1 Å². The molecule has 15 heavy (non-hydrogen) atoms. The maximum atomic E-state index is 11.1. The zero-order valence-electron chi connectivity index (χ0n) is 10.2. The summed E-state index contributed by atoms with van der Waals surface area (Å²) < 4.78 is 4.66. The molecule has 90 valence electrons. The Morgan fingerprint density at radius 1 is 1.47 bits per heavy atom. The Kier molecular flexibility index (Phi) is 8.91. The smallest absolute Gasteiger partial charge is 0.309 e. The number of carbonyl (C=O) groups is 1. The second-order valence-corrected chi connectivity index (χ2v) is 5.11. The molecule has 0 aliphatic rings. The third-order valence-electron chi connectivity index (χ3n) is 2.28. The number of esters is 1. The van der Waals surface area contributed by atoms with Crippen molar-refractivity contribution in [3.63, 3.8) is 0 Å². The second kappa shape index (κ2) is 9.04. The number of rotatable bonds is 8. The zero-order valence-corrected chi connectivity index (χ0v) is 11.0. The average molecular weight is 233 g/mol.